The summed E-state index contributed by atoms with van der Waals surface area (Å²) in [7, 11) is 4.67. The predicted octanol–water partition coefficient (Wildman–Crippen LogP) is -0.196. The molecule has 13 heavy (non-hydrogen) atoms. The van der Waals surface area contributed by atoms with Crippen LogP contribution in [-0.2, 0) is 0 Å². The molecule has 0 radical (unpaired) electrons. The summed E-state index contributed by atoms with van der Waals surface area (Å²) < 4.78 is 9.80. The number of rotatable bonds is 3. The topological polar surface area (TPSA) is 73.5 Å². The third kappa shape index (κ3) is 2.19. The SMILES string of the molecule is COc1cc(N(C)N)nc(OC)n1. The molecule has 1 rings (SSSR count). The zero-order valence-corrected chi connectivity index (χ0v) is 7.81. The Bertz CT molecular complexity index is 268. The number of anilines is 1. The maximum Gasteiger partial charge on any atom is 0.321 e. The van der Waals surface area contributed by atoms with Gasteiger partial charge >= 0.3 is 6.01 Å². The van der Waals surface area contributed by atoms with Crippen LogP contribution in [0.1, 0.15) is 0 Å². The minimum absolute atomic E-state index is 0.228. The largest absolute Gasteiger partial charge is 0.481 e. The van der Waals surface area contributed by atoms with Crippen LogP contribution in [0.15, 0.2) is 6.07 Å². The van der Waals surface area contributed by atoms with E-state index < -0.39 is 0 Å². The van der Waals surface area contributed by atoms with Gasteiger partial charge in [-0.05, 0) is 0 Å². The van der Waals surface area contributed by atoms with Gasteiger partial charge in [0.25, 0.3) is 0 Å². The van der Waals surface area contributed by atoms with Crippen LogP contribution in [0.2, 0.25) is 0 Å². The lowest BCUT2D eigenvalue weighted by Crippen LogP contribution is -2.26. The first-order valence-corrected chi connectivity index (χ1v) is 3.63. The van der Waals surface area contributed by atoms with E-state index in [9.17, 15) is 0 Å². The fraction of sp³-hybridized carbons (Fsp3) is 0.429. The Morgan fingerprint density at radius 1 is 1.31 bits per heavy atom. The van der Waals surface area contributed by atoms with Crippen molar-refractivity contribution in [1.29, 1.82) is 0 Å². The van der Waals surface area contributed by atoms with Crippen LogP contribution in [0, 0.1) is 0 Å². The second-order valence-corrected chi connectivity index (χ2v) is 2.37. The number of hydrogen-bond donors (Lipinski definition) is 1. The summed E-state index contributed by atoms with van der Waals surface area (Å²) in [5.41, 5.74) is 0. The van der Waals surface area contributed by atoms with Gasteiger partial charge < -0.3 is 9.47 Å². The lowest BCUT2D eigenvalue weighted by atomic mass is 10.5. The molecule has 1 aromatic heterocycles. The van der Waals surface area contributed by atoms with Crippen molar-refractivity contribution in [3.63, 3.8) is 0 Å². The summed E-state index contributed by atoms with van der Waals surface area (Å²) in [6.07, 6.45) is 0. The molecule has 0 aromatic carbocycles. The maximum absolute atomic E-state index is 5.49. The molecular formula is C7H12N4O2. The first-order valence-electron chi connectivity index (χ1n) is 3.63. The second-order valence-electron chi connectivity index (χ2n) is 2.37. The van der Waals surface area contributed by atoms with Gasteiger partial charge in [0.1, 0.15) is 0 Å². The number of hydrazine groups is 1. The second kappa shape index (κ2) is 3.90. The first-order chi connectivity index (χ1) is 6.17. The lowest BCUT2D eigenvalue weighted by molar-refractivity contribution is 0.352. The molecule has 0 amide bonds. The van der Waals surface area contributed by atoms with Crippen molar-refractivity contribution in [3.05, 3.63) is 6.07 Å². The Balaban J connectivity index is 3.07. The van der Waals surface area contributed by atoms with Crippen LogP contribution < -0.4 is 20.3 Å². The number of nitrogens with two attached hydrogens (primary N) is 1. The predicted molar refractivity (Wildman–Crippen MR) is 47.7 cm³/mol. The monoisotopic (exact) mass is 184 g/mol. The quantitative estimate of drug-likeness (QED) is 0.518. The molecule has 0 aliphatic rings. The molecule has 0 spiro atoms. The van der Waals surface area contributed by atoms with E-state index in [0.29, 0.717) is 11.7 Å². The zero-order chi connectivity index (χ0) is 9.84. The van der Waals surface area contributed by atoms with E-state index in [4.69, 9.17) is 15.3 Å². The van der Waals surface area contributed by atoms with Crippen molar-refractivity contribution in [3.8, 4) is 11.9 Å². The minimum Gasteiger partial charge on any atom is -0.481 e. The molecule has 72 valence electrons. The fourth-order valence-corrected chi connectivity index (χ4v) is 0.769. The highest BCUT2D eigenvalue weighted by Gasteiger charge is 2.06. The van der Waals surface area contributed by atoms with Crippen molar-refractivity contribution in [2.75, 3.05) is 26.3 Å². The van der Waals surface area contributed by atoms with Gasteiger partial charge in [-0.3, -0.25) is 5.01 Å². The Kier molecular flexibility index (Phi) is 2.86. The van der Waals surface area contributed by atoms with E-state index in [1.165, 1.54) is 19.2 Å². The Labute approximate surface area is 76.3 Å². The van der Waals surface area contributed by atoms with E-state index in [1.54, 1.807) is 13.1 Å². The molecule has 6 nitrogen and oxygen atoms in total. The molecule has 0 fully saturated rings. The van der Waals surface area contributed by atoms with E-state index >= 15 is 0 Å². The van der Waals surface area contributed by atoms with E-state index in [2.05, 4.69) is 9.97 Å². The smallest absolute Gasteiger partial charge is 0.321 e. The van der Waals surface area contributed by atoms with Crippen LogP contribution in [0.5, 0.6) is 11.9 Å². The molecule has 1 heterocycles. The summed E-state index contributed by atoms with van der Waals surface area (Å²) in [5.74, 6) is 6.44. The van der Waals surface area contributed by atoms with Gasteiger partial charge in [-0.15, -0.1) is 0 Å². The number of hydrogen-bond acceptors (Lipinski definition) is 6. The molecule has 0 saturated carbocycles. The first kappa shape index (κ1) is 9.53. The highest BCUT2D eigenvalue weighted by atomic mass is 16.5. The van der Waals surface area contributed by atoms with Gasteiger partial charge in [0, 0.05) is 13.1 Å². The van der Waals surface area contributed by atoms with Crippen LogP contribution in [0.4, 0.5) is 5.82 Å². The summed E-state index contributed by atoms with van der Waals surface area (Å²) in [4.78, 5) is 7.90. The molecule has 0 atom stereocenters. The number of aromatic nitrogens is 2. The van der Waals surface area contributed by atoms with Crippen molar-refractivity contribution in [1.82, 2.24) is 9.97 Å². The van der Waals surface area contributed by atoms with Gasteiger partial charge in [-0.25, -0.2) is 5.84 Å². The van der Waals surface area contributed by atoms with Crippen LogP contribution >= 0.6 is 0 Å². The fourth-order valence-electron chi connectivity index (χ4n) is 0.769. The molecule has 1 aromatic rings. The summed E-state index contributed by atoms with van der Waals surface area (Å²) >= 11 is 0. The number of nitrogens with zero attached hydrogens (tertiary/aromatic N) is 3. The number of methoxy groups -OCH3 is 2. The van der Waals surface area contributed by atoms with E-state index in [0.717, 1.165) is 0 Å². The Morgan fingerprint density at radius 3 is 2.46 bits per heavy atom. The average molecular weight is 184 g/mol. The summed E-state index contributed by atoms with van der Waals surface area (Å²) in [5, 5.41) is 1.35. The maximum atomic E-state index is 5.49. The van der Waals surface area contributed by atoms with Gasteiger partial charge in [0.2, 0.25) is 5.88 Å². The normalized spacial score (nSPS) is 9.54. The van der Waals surface area contributed by atoms with Crippen molar-refractivity contribution in [2.24, 2.45) is 5.84 Å². The van der Waals surface area contributed by atoms with Crippen molar-refractivity contribution in [2.45, 2.75) is 0 Å². The highest BCUT2D eigenvalue weighted by molar-refractivity contribution is 5.40. The molecule has 0 aliphatic heterocycles. The molecule has 0 bridgehead atoms. The van der Waals surface area contributed by atoms with Gasteiger partial charge in [-0.1, -0.05) is 0 Å². The minimum atomic E-state index is 0.228. The highest BCUT2D eigenvalue weighted by Crippen LogP contribution is 2.17. The third-order valence-electron chi connectivity index (χ3n) is 1.42. The number of ether oxygens (including phenoxy) is 2. The van der Waals surface area contributed by atoms with Gasteiger partial charge in [-0.2, -0.15) is 9.97 Å². The standard InChI is InChI=1S/C7H12N4O2/c1-11(8)5-4-6(12-2)10-7(9-5)13-3/h4H,8H2,1-3H3. The molecule has 0 aliphatic carbocycles. The Hall–Kier alpha value is -1.56. The van der Waals surface area contributed by atoms with Crippen LogP contribution in [-0.4, -0.2) is 31.2 Å². The molecule has 6 heteroatoms. The summed E-state index contributed by atoms with van der Waals surface area (Å²) in [6.45, 7) is 0. The van der Waals surface area contributed by atoms with Gasteiger partial charge in [0.05, 0.1) is 14.2 Å². The molecular weight excluding hydrogens is 172 g/mol. The van der Waals surface area contributed by atoms with Gasteiger partial charge in [0.15, 0.2) is 5.82 Å². The third-order valence-corrected chi connectivity index (χ3v) is 1.42. The van der Waals surface area contributed by atoms with Crippen molar-refractivity contribution < 1.29 is 9.47 Å². The Morgan fingerprint density at radius 2 is 2.00 bits per heavy atom. The van der Waals surface area contributed by atoms with Crippen LogP contribution in [0.3, 0.4) is 0 Å². The molecule has 2 N–H and O–H groups in total. The zero-order valence-electron chi connectivity index (χ0n) is 7.81. The van der Waals surface area contributed by atoms with Crippen molar-refractivity contribution >= 4 is 5.82 Å². The van der Waals surface area contributed by atoms with E-state index in [-0.39, 0.29) is 6.01 Å². The summed E-state index contributed by atoms with van der Waals surface area (Å²) in [6, 6.07) is 1.84. The van der Waals surface area contributed by atoms with E-state index in [1.807, 2.05) is 0 Å². The lowest BCUT2D eigenvalue weighted by Gasteiger charge is -2.12. The van der Waals surface area contributed by atoms with Crippen LogP contribution in [0.25, 0.3) is 0 Å². The molecule has 0 saturated heterocycles. The average Bonchev–Trinajstić information content (AvgIpc) is 2.16. The molecule has 0 unspecified atom stereocenters.